The molecule has 1 aliphatic carbocycles. The van der Waals surface area contributed by atoms with E-state index in [1.807, 2.05) is 18.2 Å². The first-order valence-corrected chi connectivity index (χ1v) is 31.7. The molecule has 1 unspecified atom stereocenters. The molecule has 6 heterocycles. The summed E-state index contributed by atoms with van der Waals surface area (Å²) in [5, 5.41) is 19.3. The van der Waals surface area contributed by atoms with E-state index in [4.69, 9.17) is 25.8 Å². The molecule has 24 heteroatoms. The van der Waals surface area contributed by atoms with E-state index in [0.29, 0.717) is 68.0 Å². The number of carbonyl (C=O) groups is 5. The lowest BCUT2D eigenvalue weighted by Gasteiger charge is -2.39. The smallest absolute Gasteiger partial charge is 0.293 e. The Kier molecular flexibility index (Phi) is 18.9. The van der Waals surface area contributed by atoms with Crippen LogP contribution in [0.4, 0.5) is 17.1 Å². The number of imide groups is 2. The van der Waals surface area contributed by atoms with Gasteiger partial charge in [-0.2, -0.15) is 0 Å². The summed E-state index contributed by atoms with van der Waals surface area (Å²) in [6.45, 7) is 12.4. The van der Waals surface area contributed by atoms with E-state index < -0.39 is 61.1 Å². The summed E-state index contributed by atoms with van der Waals surface area (Å²) >= 11 is 6.27. The molecule has 0 saturated carbocycles. The van der Waals surface area contributed by atoms with Gasteiger partial charge in [0.2, 0.25) is 11.8 Å². The quantitative estimate of drug-likeness (QED) is 0.0173. The molecule has 3 saturated heterocycles. The normalized spacial score (nSPS) is 18.4. The number of benzene rings is 4. The van der Waals surface area contributed by atoms with Crippen LogP contribution in [-0.2, 0) is 29.1 Å². The molecule has 11 rings (SSSR count). The van der Waals surface area contributed by atoms with Gasteiger partial charge in [0, 0.05) is 92.2 Å². The minimum Gasteiger partial charge on any atom is -0.455 e. The molecule has 0 spiro atoms. The molecular weight excluding hydrogens is 1180 g/mol. The molecule has 3 fully saturated rings. The van der Waals surface area contributed by atoms with Crippen molar-refractivity contribution in [3.05, 3.63) is 152 Å². The summed E-state index contributed by atoms with van der Waals surface area (Å²) in [5.74, 6) is 3.17. The van der Waals surface area contributed by atoms with E-state index >= 15 is 0 Å². The van der Waals surface area contributed by atoms with Crippen LogP contribution < -0.4 is 25.0 Å². The summed E-state index contributed by atoms with van der Waals surface area (Å²) in [5.41, 5.74) is 6.15. The fourth-order valence-electron chi connectivity index (χ4n) is 12.1. The van der Waals surface area contributed by atoms with Gasteiger partial charge in [-0.3, -0.25) is 49.2 Å². The highest BCUT2D eigenvalue weighted by molar-refractivity contribution is 7.90. The monoisotopic (exact) mass is 1250 g/mol. The SMILES string of the molecule is CC1(C)CCC(CN2CCN(c3ccc(C(=O)NS(=O)(=O)c4ccc(NCC5CCN(CCOCCOCC#Cc6ccc7c(c6)C(=O)N(C6CCC(=O)NC6=O)C7=O)CC5)c([N+](=O)[O-])c4)c(Oc4cnc5[nH]ccc5c4)c3)CC2)=C(c2ccc(Cl)cc2)C1. The van der Waals surface area contributed by atoms with Gasteiger partial charge in [0.1, 0.15) is 35.5 Å². The Labute approximate surface area is 520 Å². The van der Waals surface area contributed by atoms with Gasteiger partial charge >= 0.3 is 0 Å². The molecule has 4 aliphatic heterocycles. The highest BCUT2D eigenvalue weighted by atomic mass is 35.5. The van der Waals surface area contributed by atoms with Crippen molar-refractivity contribution >= 4 is 84.8 Å². The number of halogens is 1. The second-order valence-electron chi connectivity index (χ2n) is 23.8. The Morgan fingerprint density at radius 1 is 0.854 bits per heavy atom. The Morgan fingerprint density at radius 3 is 2.40 bits per heavy atom. The van der Waals surface area contributed by atoms with Crippen LogP contribution in [0, 0.1) is 33.3 Å². The minimum atomic E-state index is -4.64. The van der Waals surface area contributed by atoms with Gasteiger partial charge in [0.05, 0.1) is 52.5 Å². The standard InChI is InChI=1S/C65H69ClN10O12S/c1-65(2)21-17-46(54(38-65)44-6-8-47(66)9-7-44)41-73-25-27-74(28-26-73)48-10-13-52(58(36-48)88-49-35-45-18-22-67-60(45)69-40-49)61(78)71-89(84,85)50-11-14-55(57(37-50)76(82)83)68-39-43-19-23-72(24-20-43)29-31-87-33-32-86-30-3-4-42-5-12-51-53(34-42)64(81)75(63(51)80)56-15-16-59(77)70-62(56)79/h5-14,18,22,34-37,40,43,56,68H,15-17,19-21,23-33,38-39,41H2,1-2H3,(H,67,69)(H,71,78)(H,70,77,79). The molecule has 4 N–H and O–H groups in total. The lowest BCUT2D eigenvalue weighted by Crippen LogP contribution is -2.54. The van der Waals surface area contributed by atoms with Crippen molar-refractivity contribution in [1.82, 2.24) is 34.7 Å². The number of piperazine rings is 1. The number of likely N-dealkylation sites (tertiary alicyclic amines) is 1. The second-order valence-corrected chi connectivity index (χ2v) is 25.9. The van der Waals surface area contributed by atoms with E-state index in [-0.39, 0.29) is 58.9 Å². The molecule has 2 aromatic heterocycles. The van der Waals surface area contributed by atoms with Crippen molar-refractivity contribution in [2.75, 3.05) is 95.5 Å². The number of hydrogen-bond donors (Lipinski definition) is 4. The zero-order valence-electron chi connectivity index (χ0n) is 49.5. The topological polar surface area (TPSA) is 268 Å². The van der Waals surface area contributed by atoms with E-state index in [1.54, 1.807) is 30.5 Å². The number of allylic oxidation sites excluding steroid dienone is 1. The summed E-state index contributed by atoms with van der Waals surface area (Å²) in [6, 6.07) is 23.9. The number of aromatic nitrogens is 2. The van der Waals surface area contributed by atoms with Gasteiger partial charge in [0.15, 0.2) is 0 Å². The third kappa shape index (κ3) is 14.8. The summed E-state index contributed by atoms with van der Waals surface area (Å²) in [6.07, 6.45) is 8.15. The first-order valence-electron chi connectivity index (χ1n) is 29.9. The van der Waals surface area contributed by atoms with Gasteiger partial charge in [-0.25, -0.2) is 18.1 Å². The van der Waals surface area contributed by atoms with Gasteiger partial charge in [-0.15, -0.1) is 0 Å². The van der Waals surface area contributed by atoms with Crippen molar-refractivity contribution in [1.29, 1.82) is 0 Å². The number of H-pyrrole nitrogens is 1. The zero-order chi connectivity index (χ0) is 62.4. The average Bonchev–Trinajstić information content (AvgIpc) is 1.69. The number of ether oxygens (including phenoxy) is 3. The number of anilines is 2. The number of pyridine rings is 1. The first-order chi connectivity index (χ1) is 42.8. The molecule has 6 aromatic rings. The Morgan fingerprint density at radius 2 is 1.63 bits per heavy atom. The lowest BCUT2D eigenvalue weighted by atomic mass is 9.72. The summed E-state index contributed by atoms with van der Waals surface area (Å²) in [4.78, 5) is 90.9. The molecule has 22 nitrogen and oxygen atoms in total. The Balaban J connectivity index is 0.641. The van der Waals surface area contributed by atoms with E-state index in [1.165, 1.54) is 53.2 Å². The Hall–Kier alpha value is -8.50. The molecule has 89 heavy (non-hydrogen) atoms. The lowest BCUT2D eigenvalue weighted by molar-refractivity contribution is -0.384. The molecule has 464 valence electrons. The number of hydrogen-bond acceptors (Lipinski definition) is 17. The fourth-order valence-corrected chi connectivity index (χ4v) is 13.2. The number of sulfonamides is 1. The van der Waals surface area contributed by atoms with Gasteiger partial charge in [-0.1, -0.05) is 55.0 Å². The van der Waals surface area contributed by atoms with E-state index in [9.17, 15) is 42.5 Å². The largest absolute Gasteiger partial charge is 0.455 e. The van der Waals surface area contributed by atoms with Crippen LogP contribution >= 0.6 is 11.6 Å². The summed E-state index contributed by atoms with van der Waals surface area (Å²) < 4.78 is 47.8. The maximum atomic E-state index is 14.1. The van der Waals surface area contributed by atoms with Crippen LogP contribution in [0.1, 0.15) is 101 Å². The fraction of sp³-hybridized carbons (Fsp3) is 0.385. The van der Waals surface area contributed by atoms with Crippen molar-refractivity contribution in [2.24, 2.45) is 11.3 Å². The van der Waals surface area contributed by atoms with Crippen LogP contribution in [-0.4, -0.2) is 159 Å². The van der Waals surface area contributed by atoms with Gasteiger partial charge < -0.3 is 34.3 Å². The number of nitrogens with zero attached hydrogens (tertiary/aromatic N) is 6. The maximum Gasteiger partial charge on any atom is 0.293 e. The first kappa shape index (κ1) is 62.1. The minimum absolute atomic E-state index is 0.0362. The number of nitro groups is 1. The molecule has 4 aromatic carbocycles. The van der Waals surface area contributed by atoms with Crippen LogP contribution in [0.25, 0.3) is 16.6 Å². The molecule has 0 radical (unpaired) electrons. The van der Waals surface area contributed by atoms with Crippen molar-refractivity contribution in [2.45, 2.75) is 69.7 Å². The predicted octanol–water partition coefficient (Wildman–Crippen LogP) is 8.43. The molecular formula is C65H69ClN10O12S. The predicted molar refractivity (Wildman–Crippen MR) is 334 cm³/mol. The zero-order valence-corrected chi connectivity index (χ0v) is 51.1. The number of nitrogens with one attached hydrogen (secondary N) is 4. The number of aromatic amines is 1. The number of piperidine rings is 2. The molecule has 5 amide bonds. The average molecular weight is 1250 g/mol. The number of rotatable bonds is 21. The van der Waals surface area contributed by atoms with E-state index in [2.05, 4.69) is 77.8 Å². The van der Waals surface area contributed by atoms with E-state index in [0.717, 1.165) is 86.9 Å². The van der Waals surface area contributed by atoms with Crippen LogP contribution in [0.2, 0.25) is 5.02 Å². The van der Waals surface area contributed by atoms with Crippen LogP contribution in [0.3, 0.4) is 0 Å². The summed E-state index contributed by atoms with van der Waals surface area (Å²) in [7, 11) is -4.64. The molecule has 5 aliphatic rings. The maximum absolute atomic E-state index is 14.1. The number of carbonyl (C=O) groups excluding carboxylic acids is 5. The van der Waals surface area contributed by atoms with Crippen molar-refractivity contribution in [3.8, 4) is 23.3 Å². The van der Waals surface area contributed by atoms with Gasteiger partial charge in [-0.05, 0) is 141 Å². The third-order valence-corrected chi connectivity index (χ3v) is 18.7. The van der Waals surface area contributed by atoms with Crippen LogP contribution in [0.15, 0.2) is 114 Å². The number of nitro benzene ring substituents is 1. The highest BCUT2D eigenvalue weighted by Gasteiger charge is 2.45. The van der Waals surface area contributed by atoms with Crippen molar-refractivity contribution < 1.29 is 51.5 Å². The van der Waals surface area contributed by atoms with Gasteiger partial charge in [0.25, 0.3) is 33.4 Å². The molecule has 0 bridgehead atoms. The molecule has 1 atom stereocenters. The second kappa shape index (κ2) is 27.1. The van der Waals surface area contributed by atoms with Crippen molar-refractivity contribution in [3.63, 3.8) is 0 Å². The highest BCUT2D eigenvalue weighted by Crippen LogP contribution is 2.44. The van der Waals surface area contributed by atoms with Crippen LogP contribution in [0.5, 0.6) is 11.5 Å². The number of amides is 5. The number of fused-ring (bicyclic) bond motifs is 2. The third-order valence-electron chi connectivity index (χ3n) is 17.1. The Bertz CT molecular complexity index is 3940.